The van der Waals surface area contributed by atoms with Crippen LogP contribution < -0.4 is 4.90 Å². The number of hydrogen-bond acceptors (Lipinski definition) is 2. The first-order valence-electron chi connectivity index (χ1n) is 22.3. The molecular formula is C59H57NO. The number of fused-ring (bicyclic) bond motifs is 12. The molecule has 0 saturated carbocycles. The van der Waals surface area contributed by atoms with Crippen LogP contribution in [0.2, 0.25) is 0 Å². The topological polar surface area (TPSA) is 16.4 Å². The molecule has 2 heteroatoms. The van der Waals surface area contributed by atoms with E-state index in [2.05, 4.69) is 215 Å². The van der Waals surface area contributed by atoms with Crippen LogP contribution in [0.3, 0.4) is 0 Å². The Labute approximate surface area is 362 Å². The second-order valence-corrected chi connectivity index (χ2v) is 21.9. The number of anilines is 3. The molecule has 1 aromatic heterocycles. The minimum atomic E-state index is -0.234. The van der Waals surface area contributed by atoms with Crippen LogP contribution in [-0.2, 0) is 27.1 Å². The summed E-state index contributed by atoms with van der Waals surface area (Å²) in [4.78, 5) is 2.51. The molecule has 0 unspecified atom stereocenters. The van der Waals surface area contributed by atoms with Crippen molar-refractivity contribution < 1.29 is 4.42 Å². The zero-order valence-electron chi connectivity index (χ0n) is 38.0. The first-order valence-corrected chi connectivity index (χ1v) is 22.3. The minimum Gasteiger partial charge on any atom is -0.456 e. The minimum absolute atomic E-state index is 0.0173. The van der Waals surface area contributed by atoms with E-state index in [1.807, 2.05) is 0 Å². The van der Waals surface area contributed by atoms with Gasteiger partial charge in [0.05, 0.1) is 0 Å². The summed E-state index contributed by atoms with van der Waals surface area (Å²) in [5.74, 6) is 0. The van der Waals surface area contributed by atoms with Gasteiger partial charge in [-0.1, -0.05) is 156 Å². The van der Waals surface area contributed by atoms with E-state index in [1.165, 1.54) is 106 Å². The van der Waals surface area contributed by atoms with Gasteiger partial charge in [0.2, 0.25) is 0 Å². The van der Waals surface area contributed by atoms with Gasteiger partial charge in [0.1, 0.15) is 11.2 Å². The predicted molar refractivity (Wildman–Crippen MR) is 258 cm³/mol. The van der Waals surface area contributed by atoms with Gasteiger partial charge in [0, 0.05) is 49.6 Å². The van der Waals surface area contributed by atoms with Crippen molar-refractivity contribution in [3.05, 3.63) is 172 Å². The maximum atomic E-state index is 6.91. The van der Waals surface area contributed by atoms with Crippen LogP contribution in [0.15, 0.2) is 132 Å². The van der Waals surface area contributed by atoms with E-state index >= 15 is 0 Å². The molecule has 304 valence electrons. The van der Waals surface area contributed by atoms with E-state index in [-0.39, 0.29) is 27.1 Å². The average Bonchev–Trinajstić information content (AvgIpc) is 3.84. The highest BCUT2D eigenvalue weighted by Crippen LogP contribution is 2.56. The van der Waals surface area contributed by atoms with Gasteiger partial charge >= 0.3 is 0 Å². The maximum absolute atomic E-state index is 6.91. The fourth-order valence-electron chi connectivity index (χ4n) is 11.3. The summed E-state index contributed by atoms with van der Waals surface area (Å²) >= 11 is 0. The molecule has 1 heterocycles. The van der Waals surface area contributed by atoms with Crippen molar-refractivity contribution in [3.8, 4) is 33.4 Å². The molecule has 0 spiro atoms. The Hall–Kier alpha value is -5.86. The van der Waals surface area contributed by atoms with Crippen molar-refractivity contribution in [2.24, 2.45) is 0 Å². The smallest absolute Gasteiger partial charge is 0.139 e. The second-order valence-electron chi connectivity index (χ2n) is 21.9. The SMILES string of the molecule is CC(C)(C)c1cc(C(C)(C)C)c2oc3cc4c(cc3c2c1)C(C)(C)c1cc(N(c2ccc3c(c2)C(C)(C)c2ccccc2-3)c2ccc3c(c2)C(C)(C)c2ccccc2-3)ccc1-4. The van der Waals surface area contributed by atoms with Gasteiger partial charge in [-0.25, -0.2) is 0 Å². The molecule has 0 atom stereocenters. The Morgan fingerprint density at radius 2 is 0.820 bits per heavy atom. The Morgan fingerprint density at radius 3 is 1.30 bits per heavy atom. The van der Waals surface area contributed by atoms with Gasteiger partial charge in [-0.15, -0.1) is 0 Å². The summed E-state index contributed by atoms with van der Waals surface area (Å²) in [5, 5.41) is 2.42. The third-order valence-corrected chi connectivity index (χ3v) is 14.9. The zero-order valence-corrected chi connectivity index (χ0v) is 38.0. The molecule has 0 N–H and O–H groups in total. The predicted octanol–water partition coefficient (Wildman–Crippen LogP) is 16.6. The van der Waals surface area contributed by atoms with Gasteiger partial charge in [-0.05, 0) is 138 Å². The highest BCUT2D eigenvalue weighted by molar-refractivity contribution is 6.09. The molecule has 0 bridgehead atoms. The number of hydrogen-bond donors (Lipinski definition) is 0. The molecule has 3 aliphatic carbocycles. The lowest BCUT2D eigenvalue weighted by molar-refractivity contribution is 0.559. The lowest BCUT2D eigenvalue weighted by Gasteiger charge is -2.31. The molecule has 0 fully saturated rings. The normalized spacial score (nSPS) is 16.3. The van der Waals surface area contributed by atoms with E-state index in [0.717, 1.165) is 11.2 Å². The molecule has 3 aliphatic rings. The van der Waals surface area contributed by atoms with Crippen molar-refractivity contribution >= 4 is 39.0 Å². The molecule has 2 nitrogen and oxygen atoms in total. The third kappa shape index (κ3) is 5.27. The van der Waals surface area contributed by atoms with Crippen LogP contribution in [0.1, 0.15) is 128 Å². The van der Waals surface area contributed by atoms with Crippen LogP contribution in [0, 0.1) is 0 Å². The summed E-state index contributed by atoms with van der Waals surface area (Å²) in [5.41, 5.74) is 23.8. The number of benzene rings is 7. The van der Waals surface area contributed by atoms with Crippen molar-refractivity contribution in [2.75, 3.05) is 4.90 Å². The highest BCUT2D eigenvalue weighted by atomic mass is 16.3. The zero-order chi connectivity index (χ0) is 42.8. The van der Waals surface area contributed by atoms with E-state index < -0.39 is 0 Å². The first-order chi connectivity index (χ1) is 28.8. The molecular weight excluding hydrogens is 739 g/mol. The summed E-state index contributed by atoms with van der Waals surface area (Å²) in [6, 6.07) is 49.0. The van der Waals surface area contributed by atoms with E-state index in [0.29, 0.717) is 0 Å². The van der Waals surface area contributed by atoms with E-state index in [4.69, 9.17) is 4.42 Å². The lowest BCUT2D eigenvalue weighted by Crippen LogP contribution is -2.19. The van der Waals surface area contributed by atoms with Crippen molar-refractivity contribution in [2.45, 2.75) is 110 Å². The Bertz CT molecular complexity index is 3080. The van der Waals surface area contributed by atoms with Crippen LogP contribution in [0.5, 0.6) is 0 Å². The van der Waals surface area contributed by atoms with E-state index in [9.17, 15) is 0 Å². The van der Waals surface area contributed by atoms with Crippen LogP contribution >= 0.6 is 0 Å². The Balaban J connectivity index is 1.10. The maximum Gasteiger partial charge on any atom is 0.139 e. The van der Waals surface area contributed by atoms with Gasteiger partial charge in [-0.3, -0.25) is 0 Å². The molecule has 7 aromatic carbocycles. The fourth-order valence-corrected chi connectivity index (χ4v) is 11.3. The number of nitrogens with zero attached hydrogens (tertiary/aromatic N) is 1. The first kappa shape index (κ1) is 38.1. The van der Waals surface area contributed by atoms with Crippen LogP contribution in [0.4, 0.5) is 17.1 Å². The van der Waals surface area contributed by atoms with Gasteiger partial charge in [0.25, 0.3) is 0 Å². The number of rotatable bonds is 3. The summed E-state index contributed by atoms with van der Waals surface area (Å²) in [6.45, 7) is 28.2. The Kier molecular flexibility index (Phi) is 7.59. The molecule has 0 saturated heterocycles. The van der Waals surface area contributed by atoms with E-state index in [1.54, 1.807) is 0 Å². The third-order valence-electron chi connectivity index (χ3n) is 14.9. The quantitative estimate of drug-likeness (QED) is 0.177. The average molecular weight is 796 g/mol. The monoisotopic (exact) mass is 795 g/mol. The van der Waals surface area contributed by atoms with Gasteiger partial charge in [-0.2, -0.15) is 0 Å². The van der Waals surface area contributed by atoms with Crippen molar-refractivity contribution in [3.63, 3.8) is 0 Å². The fraction of sp³-hybridized carbons (Fsp3) is 0.288. The summed E-state index contributed by atoms with van der Waals surface area (Å²) < 4.78 is 6.91. The highest BCUT2D eigenvalue weighted by Gasteiger charge is 2.40. The standard InChI is InChI=1S/C59H57NO/c1-55(2,3)34-27-45-44-32-51-43(33-53(44)61-54(45)52(28-34)56(4,5)6)42-26-23-37(31-50(42)59(51,11)12)60(35-21-24-40-38-17-13-15-19-46(38)57(7,8)48(40)29-35)36-22-25-41-39-18-14-16-20-47(39)58(9,10)49(41)30-36/h13-33H,1-12H3. The summed E-state index contributed by atoms with van der Waals surface area (Å²) in [7, 11) is 0. The molecule has 0 radical (unpaired) electrons. The van der Waals surface area contributed by atoms with Gasteiger partial charge in [0.15, 0.2) is 0 Å². The molecule has 8 aromatic rings. The molecule has 11 rings (SSSR count). The molecule has 0 amide bonds. The molecule has 61 heavy (non-hydrogen) atoms. The largest absolute Gasteiger partial charge is 0.456 e. The Morgan fingerprint density at radius 1 is 0.393 bits per heavy atom. The number of furan rings is 1. The van der Waals surface area contributed by atoms with Crippen molar-refractivity contribution in [1.82, 2.24) is 0 Å². The van der Waals surface area contributed by atoms with Crippen molar-refractivity contribution in [1.29, 1.82) is 0 Å². The van der Waals surface area contributed by atoms with Crippen LogP contribution in [-0.4, -0.2) is 0 Å². The molecule has 0 aliphatic heterocycles. The van der Waals surface area contributed by atoms with Gasteiger partial charge < -0.3 is 9.32 Å². The lowest BCUT2D eigenvalue weighted by atomic mass is 9.79. The van der Waals surface area contributed by atoms with Crippen LogP contribution in [0.25, 0.3) is 55.3 Å². The summed E-state index contributed by atoms with van der Waals surface area (Å²) in [6.07, 6.45) is 0. The second kappa shape index (κ2) is 12.2.